The van der Waals surface area contributed by atoms with Crippen molar-refractivity contribution in [3.8, 4) is 11.4 Å². The quantitative estimate of drug-likeness (QED) is 0.574. The summed E-state index contributed by atoms with van der Waals surface area (Å²) in [4.78, 5) is 14.4. The van der Waals surface area contributed by atoms with Gasteiger partial charge in [0.1, 0.15) is 5.25 Å². The summed E-state index contributed by atoms with van der Waals surface area (Å²) in [5.74, 6) is 0.817. The zero-order chi connectivity index (χ0) is 21.2. The molecule has 0 N–H and O–H groups in total. The molecule has 0 saturated heterocycles. The lowest BCUT2D eigenvalue weighted by Gasteiger charge is -2.20. The molecule has 0 bridgehead atoms. The molecule has 152 valence electrons. The number of thioether (sulfide) groups is 1. The number of likely N-dealkylation sites (N-methyl/N-ethyl adjacent to an activating group) is 1. The second-order valence-corrected chi connectivity index (χ2v) is 9.41. The van der Waals surface area contributed by atoms with E-state index in [1.807, 2.05) is 41.9 Å². The van der Waals surface area contributed by atoms with Crippen molar-refractivity contribution in [2.75, 3.05) is 14.1 Å². The highest BCUT2D eigenvalue weighted by Gasteiger charge is 2.26. The highest BCUT2D eigenvalue weighted by atomic mass is 32.2. The van der Waals surface area contributed by atoms with Crippen LogP contribution in [0.4, 0.5) is 0 Å². The largest absolute Gasteiger partial charge is 0.348 e. The van der Waals surface area contributed by atoms with Gasteiger partial charge in [-0.3, -0.25) is 4.79 Å². The molecule has 0 spiro atoms. The van der Waals surface area contributed by atoms with Gasteiger partial charge in [0.2, 0.25) is 5.91 Å². The first-order chi connectivity index (χ1) is 13.7. The van der Waals surface area contributed by atoms with Gasteiger partial charge < -0.3 is 9.47 Å². The predicted molar refractivity (Wildman–Crippen MR) is 119 cm³/mol. The molecule has 0 fully saturated rings. The zero-order valence-electron chi connectivity index (χ0n) is 17.9. The Balaban J connectivity index is 1.90. The van der Waals surface area contributed by atoms with Crippen LogP contribution >= 0.6 is 11.8 Å². The second kappa shape index (κ2) is 8.41. The van der Waals surface area contributed by atoms with Gasteiger partial charge in [-0.15, -0.1) is 10.2 Å². The van der Waals surface area contributed by atoms with Gasteiger partial charge in [0.05, 0.1) is 0 Å². The van der Waals surface area contributed by atoms with Gasteiger partial charge in [-0.2, -0.15) is 0 Å². The fraction of sp³-hybridized carbons (Fsp3) is 0.348. The molecule has 0 aliphatic rings. The number of nitrogens with zero attached hydrogens (tertiary/aromatic N) is 4. The molecule has 1 amide bonds. The van der Waals surface area contributed by atoms with Gasteiger partial charge in [0.15, 0.2) is 11.0 Å². The summed E-state index contributed by atoms with van der Waals surface area (Å²) in [5.41, 5.74) is 3.35. The molecule has 0 saturated carbocycles. The minimum atomic E-state index is -0.370. The highest BCUT2D eigenvalue weighted by molar-refractivity contribution is 8.00. The third-order valence-electron chi connectivity index (χ3n) is 4.83. The number of benzene rings is 2. The van der Waals surface area contributed by atoms with Crippen LogP contribution in [0.1, 0.15) is 37.1 Å². The monoisotopic (exact) mass is 408 g/mol. The predicted octanol–water partition coefficient (Wildman–Crippen LogP) is 4.70. The van der Waals surface area contributed by atoms with Gasteiger partial charge in [0, 0.05) is 26.7 Å². The Morgan fingerprint density at radius 3 is 2.17 bits per heavy atom. The minimum absolute atomic E-state index is 0.0280. The molecule has 2 aromatic carbocycles. The van der Waals surface area contributed by atoms with Crippen LogP contribution in [0, 0.1) is 0 Å². The van der Waals surface area contributed by atoms with E-state index >= 15 is 0 Å². The number of hydrogen-bond donors (Lipinski definition) is 0. The smallest absolute Gasteiger partial charge is 0.240 e. The highest BCUT2D eigenvalue weighted by Crippen LogP contribution is 2.36. The molecule has 1 atom stereocenters. The van der Waals surface area contributed by atoms with Crippen LogP contribution in [0.25, 0.3) is 11.4 Å². The van der Waals surface area contributed by atoms with Crippen molar-refractivity contribution in [1.29, 1.82) is 0 Å². The summed E-state index contributed by atoms with van der Waals surface area (Å²) in [5, 5.41) is 9.11. The van der Waals surface area contributed by atoms with Crippen molar-refractivity contribution in [2.24, 2.45) is 7.05 Å². The molecule has 29 heavy (non-hydrogen) atoms. The summed E-state index contributed by atoms with van der Waals surface area (Å²) < 4.78 is 1.95. The van der Waals surface area contributed by atoms with Crippen molar-refractivity contribution in [2.45, 2.75) is 36.6 Å². The summed E-state index contributed by atoms with van der Waals surface area (Å²) >= 11 is 1.43. The van der Waals surface area contributed by atoms with Gasteiger partial charge in [-0.25, -0.2) is 0 Å². The first kappa shape index (κ1) is 21.1. The van der Waals surface area contributed by atoms with E-state index in [1.165, 1.54) is 17.3 Å². The molecular weight excluding hydrogens is 380 g/mol. The fourth-order valence-electron chi connectivity index (χ4n) is 3.02. The van der Waals surface area contributed by atoms with E-state index in [0.29, 0.717) is 5.16 Å². The lowest BCUT2D eigenvalue weighted by molar-refractivity contribution is -0.128. The summed E-state index contributed by atoms with van der Waals surface area (Å²) in [6.07, 6.45) is 0. The van der Waals surface area contributed by atoms with Crippen LogP contribution in [-0.4, -0.2) is 39.7 Å². The Labute approximate surface area is 177 Å². The Morgan fingerprint density at radius 1 is 1.00 bits per heavy atom. The van der Waals surface area contributed by atoms with Gasteiger partial charge in [-0.1, -0.05) is 87.1 Å². The molecule has 0 radical (unpaired) electrons. The van der Waals surface area contributed by atoms with E-state index in [2.05, 4.69) is 55.2 Å². The maximum absolute atomic E-state index is 12.8. The summed E-state index contributed by atoms with van der Waals surface area (Å²) in [7, 11) is 5.49. The number of amides is 1. The topological polar surface area (TPSA) is 51.0 Å². The Hall–Kier alpha value is -2.60. The van der Waals surface area contributed by atoms with Crippen molar-refractivity contribution in [3.05, 3.63) is 65.7 Å². The molecule has 6 heteroatoms. The van der Waals surface area contributed by atoms with Crippen LogP contribution in [0.2, 0.25) is 0 Å². The van der Waals surface area contributed by atoms with E-state index in [9.17, 15) is 4.79 Å². The zero-order valence-corrected chi connectivity index (χ0v) is 18.7. The lowest BCUT2D eigenvalue weighted by atomic mass is 9.87. The normalized spacial score (nSPS) is 12.6. The van der Waals surface area contributed by atoms with Crippen LogP contribution in [0.5, 0.6) is 0 Å². The molecular formula is C23H28N4OS. The molecule has 3 aromatic rings. The van der Waals surface area contributed by atoms with Crippen molar-refractivity contribution >= 4 is 17.7 Å². The third-order valence-corrected chi connectivity index (χ3v) is 6.11. The number of carbonyl (C=O) groups is 1. The first-order valence-electron chi connectivity index (χ1n) is 9.61. The average molecular weight is 409 g/mol. The Kier molecular flexibility index (Phi) is 6.13. The van der Waals surface area contributed by atoms with E-state index in [-0.39, 0.29) is 16.6 Å². The van der Waals surface area contributed by atoms with Crippen LogP contribution in [0.15, 0.2) is 59.8 Å². The Bertz CT molecular complexity index is 972. The van der Waals surface area contributed by atoms with Crippen molar-refractivity contribution in [3.63, 3.8) is 0 Å². The maximum atomic E-state index is 12.8. The van der Waals surface area contributed by atoms with Crippen LogP contribution in [0.3, 0.4) is 0 Å². The molecule has 3 rings (SSSR count). The summed E-state index contributed by atoms with van der Waals surface area (Å²) in [6, 6.07) is 18.2. The SMILES string of the molecule is CN(C)C(=O)[C@H](Sc1nnc(-c2ccc(C(C)(C)C)cc2)n1C)c1ccccc1. The lowest BCUT2D eigenvalue weighted by Crippen LogP contribution is -2.26. The molecule has 0 aliphatic heterocycles. The minimum Gasteiger partial charge on any atom is -0.348 e. The van der Waals surface area contributed by atoms with Gasteiger partial charge in [-0.05, 0) is 16.5 Å². The number of carbonyl (C=O) groups excluding carboxylic acids is 1. The van der Waals surface area contributed by atoms with Crippen molar-refractivity contribution in [1.82, 2.24) is 19.7 Å². The molecule has 1 heterocycles. The fourth-order valence-corrected chi connectivity index (χ4v) is 4.17. The maximum Gasteiger partial charge on any atom is 0.240 e. The number of aromatic nitrogens is 3. The Morgan fingerprint density at radius 2 is 1.62 bits per heavy atom. The second-order valence-electron chi connectivity index (χ2n) is 8.33. The first-order valence-corrected chi connectivity index (χ1v) is 10.5. The average Bonchev–Trinajstić information content (AvgIpc) is 3.06. The summed E-state index contributed by atoms with van der Waals surface area (Å²) in [6.45, 7) is 6.60. The van der Waals surface area contributed by atoms with E-state index in [0.717, 1.165) is 17.0 Å². The third kappa shape index (κ3) is 4.70. The molecule has 1 aromatic heterocycles. The van der Waals surface area contributed by atoms with Crippen molar-refractivity contribution < 1.29 is 4.79 Å². The van der Waals surface area contributed by atoms with Crippen LogP contribution < -0.4 is 0 Å². The van der Waals surface area contributed by atoms with Gasteiger partial charge in [0.25, 0.3) is 0 Å². The molecule has 0 aliphatic carbocycles. The molecule has 0 unspecified atom stereocenters. The van der Waals surface area contributed by atoms with E-state index in [1.54, 1.807) is 19.0 Å². The van der Waals surface area contributed by atoms with Crippen LogP contribution in [-0.2, 0) is 17.3 Å². The molecule has 5 nitrogen and oxygen atoms in total. The standard InChI is InChI=1S/C23H28N4OS/c1-23(2,3)18-14-12-17(13-15-18)20-24-25-22(27(20)6)29-19(21(28)26(4)5)16-10-8-7-9-11-16/h7-15,19H,1-6H3/t19-/m1/s1. The number of rotatable bonds is 5. The number of hydrogen-bond acceptors (Lipinski definition) is 4. The van der Waals surface area contributed by atoms with E-state index in [4.69, 9.17) is 0 Å². The van der Waals surface area contributed by atoms with E-state index < -0.39 is 0 Å². The van der Waals surface area contributed by atoms with Gasteiger partial charge >= 0.3 is 0 Å².